The summed E-state index contributed by atoms with van der Waals surface area (Å²) in [6, 6.07) is 37.0. The van der Waals surface area contributed by atoms with Crippen molar-refractivity contribution in [2.45, 2.75) is 74.8 Å². The molecule has 0 bridgehead atoms. The van der Waals surface area contributed by atoms with Crippen LogP contribution in [0.2, 0.25) is 5.02 Å². The molecular formula is C46H50ClN3O7S. The number of aliphatic hydroxyl groups excluding tert-OH is 1. The van der Waals surface area contributed by atoms with Crippen LogP contribution in [0, 0.1) is 12.8 Å². The summed E-state index contributed by atoms with van der Waals surface area (Å²) in [5.41, 5.74) is 4.54. The van der Waals surface area contributed by atoms with Gasteiger partial charge in [-0.1, -0.05) is 115 Å². The van der Waals surface area contributed by atoms with E-state index in [1.165, 1.54) is 12.1 Å². The second kappa shape index (κ2) is 18.2. The first kappa shape index (κ1) is 41.7. The van der Waals surface area contributed by atoms with E-state index in [9.17, 15) is 23.4 Å². The number of piperidine rings is 1. The van der Waals surface area contributed by atoms with Crippen LogP contribution < -0.4 is 10.0 Å². The highest BCUT2D eigenvalue weighted by Gasteiger charge is 2.41. The molecular weight excluding hydrogens is 774 g/mol. The van der Waals surface area contributed by atoms with E-state index in [2.05, 4.69) is 21.9 Å². The standard InChI is InChI=1S/C46H50ClN3O7S/c1-31-11-21-40(22-12-31)58(54,55)49-41(27-33-7-4-3-5-8-33)44(52)48-39-10-6-9-36(28-39)45-56-42(32(2)43(57-45)35-15-13-34(30-51)14-16-35)29-50-25-23-46(53,24-26-50)37-17-19-38(47)20-18-37/h3-22,28,32,41-43,45,49,51,53H,23-27,29-30H2,1-2H3,(H,48,52)/t32-,41-,42+,43+,45?/m0/s1. The fourth-order valence-corrected chi connectivity index (χ4v) is 9.06. The first-order chi connectivity index (χ1) is 27.9. The third-order valence-electron chi connectivity index (χ3n) is 11.3. The van der Waals surface area contributed by atoms with Gasteiger partial charge in [0.15, 0.2) is 6.29 Å². The van der Waals surface area contributed by atoms with E-state index in [0.717, 1.165) is 27.8 Å². The number of sulfonamides is 1. The second-order valence-corrected chi connectivity index (χ2v) is 17.6. The number of nitrogens with zero attached hydrogens (tertiary/aromatic N) is 1. The van der Waals surface area contributed by atoms with Gasteiger partial charge in [-0.3, -0.25) is 4.79 Å². The van der Waals surface area contributed by atoms with Gasteiger partial charge >= 0.3 is 0 Å². The Bertz CT molecular complexity index is 2250. The number of aliphatic hydroxyl groups is 2. The van der Waals surface area contributed by atoms with Crippen molar-refractivity contribution in [3.05, 3.63) is 166 Å². The molecule has 2 fully saturated rings. The van der Waals surface area contributed by atoms with E-state index in [0.29, 0.717) is 48.7 Å². The fourth-order valence-electron chi connectivity index (χ4n) is 7.74. The van der Waals surface area contributed by atoms with Crippen molar-refractivity contribution >= 4 is 33.2 Å². The molecule has 5 atom stereocenters. The third-order valence-corrected chi connectivity index (χ3v) is 13.0. The zero-order valence-corrected chi connectivity index (χ0v) is 34.2. The van der Waals surface area contributed by atoms with Gasteiger partial charge in [0.2, 0.25) is 15.9 Å². The van der Waals surface area contributed by atoms with Crippen LogP contribution in [0.1, 0.15) is 65.5 Å². The van der Waals surface area contributed by atoms with Crippen molar-refractivity contribution in [3.63, 3.8) is 0 Å². The number of halogens is 1. The van der Waals surface area contributed by atoms with Crippen LogP contribution in [-0.4, -0.2) is 61.2 Å². The lowest BCUT2D eigenvalue weighted by Gasteiger charge is -2.45. The molecule has 0 radical (unpaired) electrons. The summed E-state index contributed by atoms with van der Waals surface area (Å²) in [5.74, 6) is -0.573. The smallest absolute Gasteiger partial charge is 0.242 e. The maximum atomic E-state index is 14.0. The predicted molar refractivity (Wildman–Crippen MR) is 224 cm³/mol. The molecule has 10 nitrogen and oxygen atoms in total. The maximum absolute atomic E-state index is 14.0. The van der Waals surface area contributed by atoms with Gasteiger partial charge in [-0.25, -0.2) is 8.42 Å². The van der Waals surface area contributed by atoms with E-state index < -0.39 is 33.9 Å². The Labute approximate surface area is 345 Å². The van der Waals surface area contributed by atoms with Gasteiger partial charge in [0.1, 0.15) is 6.04 Å². The third kappa shape index (κ3) is 10.0. The minimum atomic E-state index is -4.03. The van der Waals surface area contributed by atoms with Crippen molar-refractivity contribution in [2.24, 2.45) is 5.92 Å². The number of hydrogen-bond donors (Lipinski definition) is 4. The summed E-state index contributed by atoms with van der Waals surface area (Å²) in [6.45, 7) is 5.88. The highest BCUT2D eigenvalue weighted by molar-refractivity contribution is 7.89. The Balaban J connectivity index is 1.10. The van der Waals surface area contributed by atoms with E-state index in [4.69, 9.17) is 21.1 Å². The van der Waals surface area contributed by atoms with E-state index in [1.807, 2.05) is 91.9 Å². The molecule has 2 aliphatic rings. The summed E-state index contributed by atoms with van der Waals surface area (Å²) in [6.07, 6.45) is -0.136. The number of carbonyl (C=O) groups is 1. The molecule has 58 heavy (non-hydrogen) atoms. The average molecular weight is 824 g/mol. The van der Waals surface area contributed by atoms with Crippen molar-refractivity contribution in [1.29, 1.82) is 0 Å². The lowest BCUT2D eigenvalue weighted by atomic mass is 9.84. The summed E-state index contributed by atoms with van der Waals surface area (Å²) >= 11 is 6.12. The molecule has 0 spiro atoms. The Morgan fingerprint density at radius 2 is 1.55 bits per heavy atom. The van der Waals surface area contributed by atoms with Gasteiger partial charge in [0.25, 0.3) is 0 Å². The number of amides is 1. The highest BCUT2D eigenvalue weighted by Crippen LogP contribution is 2.43. The average Bonchev–Trinajstić information content (AvgIpc) is 3.23. The van der Waals surface area contributed by atoms with Crippen molar-refractivity contribution in [1.82, 2.24) is 9.62 Å². The Kier molecular flexibility index (Phi) is 13.1. The monoisotopic (exact) mass is 823 g/mol. The minimum absolute atomic E-state index is 0.0588. The van der Waals surface area contributed by atoms with Gasteiger partial charge in [0.05, 0.1) is 29.3 Å². The summed E-state index contributed by atoms with van der Waals surface area (Å²) in [7, 11) is -4.03. The molecule has 12 heteroatoms. The van der Waals surface area contributed by atoms with Crippen LogP contribution >= 0.6 is 11.6 Å². The molecule has 0 aliphatic carbocycles. The largest absolute Gasteiger partial charge is 0.392 e. The lowest BCUT2D eigenvalue weighted by Crippen LogP contribution is -2.49. The molecule has 5 aromatic rings. The Hall–Kier alpha value is -4.43. The SMILES string of the molecule is Cc1ccc(S(=O)(=O)N[C@@H](Cc2ccccc2)C(=O)Nc2cccc(C3O[C@H](CN4CCC(O)(c5ccc(Cl)cc5)CC4)[C@H](C)[C@H](c4ccc(CO)cc4)O3)c2)cc1. The van der Waals surface area contributed by atoms with Crippen LogP contribution in [0.3, 0.4) is 0 Å². The first-order valence-corrected chi connectivity index (χ1v) is 21.5. The number of aryl methyl sites for hydroxylation is 1. The molecule has 7 rings (SSSR count). The minimum Gasteiger partial charge on any atom is -0.392 e. The molecule has 1 amide bonds. The predicted octanol–water partition coefficient (Wildman–Crippen LogP) is 7.44. The maximum Gasteiger partial charge on any atom is 0.242 e. The van der Waals surface area contributed by atoms with Crippen molar-refractivity contribution in [2.75, 3.05) is 25.0 Å². The second-order valence-electron chi connectivity index (χ2n) is 15.5. The molecule has 5 aromatic carbocycles. The highest BCUT2D eigenvalue weighted by atomic mass is 35.5. The number of benzene rings is 5. The summed E-state index contributed by atoms with van der Waals surface area (Å²) in [5, 5.41) is 24.8. The lowest BCUT2D eigenvalue weighted by molar-refractivity contribution is -0.277. The summed E-state index contributed by atoms with van der Waals surface area (Å²) in [4.78, 5) is 16.4. The number of anilines is 1. The molecule has 0 saturated carbocycles. The summed E-state index contributed by atoms with van der Waals surface area (Å²) < 4.78 is 43.1. The Morgan fingerprint density at radius 1 is 0.862 bits per heavy atom. The normalized spacial score (nSPS) is 21.6. The van der Waals surface area contributed by atoms with Crippen LogP contribution in [-0.2, 0) is 42.9 Å². The van der Waals surface area contributed by atoms with E-state index in [1.54, 1.807) is 30.3 Å². The Morgan fingerprint density at radius 3 is 2.22 bits per heavy atom. The van der Waals surface area contributed by atoms with E-state index >= 15 is 0 Å². The molecule has 1 unspecified atom stereocenters. The molecule has 2 aliphatic heterocycles. The fraction of sp³-hybridized carbons (Fsp3) is 0.326. The first-order valence-electron chi connectivity index (χ1n) is 19.6. The number of hydrogen-bond acceptors (Lipinski definition) is 8. The van der Waals surface area contributed by atoms with Crippen molar-refractivity contribution < 1.29 is 32.9 Å². The number of likely N-dealkylation sites (tertiary alicyclic amines) is 1. The van der Waals surface area contributed by atoms with Crippen LogP contribution in [0.15, 0.2) is 132 Å². The van der Waals surface area contributed by atoms with Crippen LogP contribution in [0.4, 0.5) is 5.69 Å². The van der Waals surface area contributed by atoms with Crippen molar-refractivity contribution in [3.8, 4) is 0 Å². The molecule has 4 N–H and O–H groups in total. The quantitative estimate of drug-likeness (QED) is 0.0962. The van der Waals surface area contributed by atoms with Gasteiger partial charge in [-0.05, 0) is 84.8 Å². The van der Waals surface area contributed by atoms with Gasteiger partial charge in [0, 0.05) is 41.8 Å². The number of carbonyl (C=O) groups excluding carboxylic acids is 1. The van der Waals surface area contributed by atoms with Gasteiger partial charge in [-0.2, -0.15) is 4.72 Å². The zero-order valence-electron chi connectivity index (χ0n) is 32.6. The van der Waals surface area contributed by atoms with Crippen LogP contribution in [0.5, 0.6) is 0 Å². The molecule has 0 aromatic heterocycles. The topological polar surface area (TPSA) is 137 Å². The van der Waals surface area contributed by atoms with Crippen LogP contribution in [0.25, 0.3) is 0 Å². The zero-order chi connectivity index (χ0) is 40.9. The van der Waals surface area contributed by atoms with Gasteiger partial charge in [-0.15, -0.1) is 0 Å². The number of ether oxygens (including phenoxy) is 2. The molecule has 2 saturated heterocycles. The van der Waals surface area contributed by atoms with E-state index in [-0.39, 0.29) is 36.0 Å². The molecule has 2 heterocycles. The number of rotatable bonds is 13. The number of nitrogens with one attached hydrogen (secondary N) is 2. The van der Waals surface area contributed by atoms with Gasteiger partial charge < -0.3 is 29.9 Å². The molecule has 304 valence electrons.